The third kappa shape index (κ3) is 4.83. The molecule has 0 bridgehead atoms. The van der Waals surface area contributed by atoms with E-state index in [-0.39, 0.29) is 29.8 Å². The Balaban J connectivity index is 2.00. The first kappa shape index (κ1) is 21.0. The second-order valence-electron chi connectivity index (χ2n) is 6.30. The van der Waals surface area contributed by atoms with Crippen LogP contribution in [-0.4, -0.2) is 25.1 Å². The fraction of sp³-hybridized carbons (Fsp3) is 0.182. The first-order valence-corrected chi connectivity index (χ1v) is 9.00. The molecule has 0 N–H and O–H groups in total. The fourth-order valence-corrected chi connectivity index (χ4v) is 2.85. The van der Waals surface area contributed by atoms with Crippen LogP contribution in [0.3, 0.4) is 0 Å². The lowest BCUT2D eigenvalue weighted by atomic mass is 10.1. The van der Waals surface area contributed by atoms with E-state index in [4.69, 9.17) is 14.2 Å². The topological polar surface area (TPSA) is 60.9 Å². The Morgan fingerprint density at radius 2 is 1.67 bits per heavy atom. The van der Waals surface area contributed by atoms with Crippen LogP contribution in [0.2, 0.25) is 0 Å². The average Bonchev–Trinajstić information content (AvgIpc) is 2.74. The largest absolute Gasteiger partial charge is 0.497 e. The summed E-state index contributed by atoms with van der Waals surface area (Å²) < 4.78 is 43.3. The lowest BCUT2D eigenvalue weighted by Crippen LogP contribution is -2.28. The van der Waals surface area contributed by atoms with Crippen molar-refractivity contribution in [3.63, 3.8) is 0 Å². The predicted octanol–water partition coefficient (Wildman–Crippen LogP) is 4.72. The molecule has 0 spiro atoms. The lowest BCUT2D eigenvalue weighted by Gasteiger charge is -2.24. The summed E-state index contributed by atoms with van der Waals surface area (Å²) in [6.07, 6.45) is 0. The number of carbonyl (C=O) groups is 1. The Hall–Kier alpha value is -3.68. The Bertz CT molecular complexity index is 1040. The van der Waals surface area contributed by atoms with Crippen LogP contribution >= 0.6 is 0 Å². The summed E-state index contributed by atoms with van der Waals surface area (Å²) in [6, 6.07) is 12.9. The van der Waals surface area contributed by atoms with E-state index in [1.165, 1.54) is 56.4 Å². The first-order valence-electron chi connectivity index (χ1n) is 9.00. The predicted molar refractivity (Wildman–Crippen MR) is 107 cm³/mol. The summed E-state index contributed by atoms with van der Waals surface area (Å²) in [5.41, 5.74) is 0.919. The summed E-state index contributed by atoms with van der Waals surface area (Å²) in [4.78, 5) is 17.6. The molecule has 0 radical (unpaired) electrons. The number of pyridine rings is 1. The molecule has 0 saturated heterocycles. The third-order valence-electron chi connectivity index (χ3n) is 4.32. The maximum atomic E-state index is 13.8. The normalized spacial score (nSPS) is 10.4. The monoisotopic (exact) mass is 413 g/mol. The molecule has 0 unspecified atom stereocenters. The molecule has 0 aliphatic rings. The van der Waals surface area contributed by atoms with E-state index in [1.54, 1.807) is 18.2 Å². The molecule has 8 heteroatoms. The van der Waals surface area contributed by atoms with Gasteiger partial charge in [-0.2, -0.15) is 9.37 Å². The second kappa shape index (κ2) is 9.21. The minimum absolute atomic E-state index is 0.1000. The van der Waals surface area contributed by atoms with Crippen molar-refractivity contribution in [3.05, 3.63) is 71.9 Å². The summed E-state index contributed by atoms with van der Waals surface area (Å²) in [7, 11) is 3.05. The molecule has 1 aromatic heterocycles. The maximum absolute atomic E-state index is 13.8. The van der Waals surface area contributed by atoms with Crippen molar-refractivity contribution in [1.29, 1.82) is 0 Å². The average molecular weight is 413 g/mol. The number of aromatic nitrogens is 1. The van der Waals surface area contributed by atoms with E-state index in [9.17, 15) is 13.6 Å². The quantitative estimate of drug-likeness (QED) is 0.525. The van der Waals surface area contributed by atoms with E-state index in [1.807, 2.05) is 0 Å². The zero-order valence-electron chi connectivity index (χ0n) is 16.7. The second-order valence-corrected chi connectivity index (χ2v) is 6.30. The zero-order chi connectivity index (χ0) is 21.7. The van der Waals surface area contributed by atoms with Crippen LogP contribution in [0, 0.1) is 11.8 Å². The highest BCUT2D eigenvalue weighted by molar-refractivity contribution is 5.92. The third-order valence-corrected chi connectivity index (χ3v) is 4.32. The van der Waals surface area contributed by atoms with Gasteiger partial charge in [-0.15, -0.1) is 0 Å². The van der Waals surface area contributed by atoms with Gasteiger partial charge in [0, 0.05) is 12.5 Å². The van der Waals surface area contributed by atoms with E-state index in [0.29, 0.717) is 17.1 Å². The summed E-state index contributed by atoms with van der Waals surface area (Å²) in [6.45, 7) is 1.47. The van der Waals surface area contributed by atoms with Crippen molar-refractivity contribution in [2.24, 2.45) is 0 Å². The van der Waals surface area contributed by atoms with Gasteiger partial charge < -0.3 is 19.1 Å². The number of nitrogens with zero attached hydrogens (tertiary/aromatic N) is 2. The van der Waals surface area contributed by atoms with Crippen LogP contribution in [0.4, 0.5) is 14.5 Å². The first-order chi connectivity index (χ1) is 14.4. The number of amides is 1. The van der Waals surface area contributed by atoms with Gasteiger partial charge in [0.1, 0.15) is 28.8 Å². The van der Waals surface area contributed by atoms with Crippen LogP contribution in [0.1, 0.15) is 12.5 Å². The Morgan fingerprint density at radius 3 is 2.30 bits per heavy atom. The molecule has 0 saturated carbocycles. The van der Waals surface area contributed by atoms with Crippen molar-refractivity contribution in [3.8, 4) is 23.1 Å². The van der Waals surface area contributed by atoms with Crippen molar-refractivity contribution in [2.45, 2.75) is 13.5 Å². The molecule has 0 fully saturated rings. The van der Waals surface area contributed by atoms with Crippen LogP contribution in [0.15, 0.2) is 54.6 Å². The van der Waals surface area contributed by atoms with Gasteiger partial charge in [0.05, 0.1) is 20.8 Å². The van der Waals surface area contributed by atoms with Crippen molar-refractivity contribution < 1.29 is 27.8 Å². The standard InChI is InChI=1S/C22H20F2N2O4/c1-14(27)26(13-15-12-18(28-2)8-10-20(15)29-3)19-9-11-21(24)25-22(19)30-17-6-4-16(23)5-7-17/h4-12H,13H2,1-3H3/i24-1. The molecule has 0 atom stereocenters. The highest BCUT2D eigenvalue weighted by Crippen LogP contribution is 2.34. The number of anilines is 1. The van der Waals surface area contributed by atoms with E-state index in [0.717, 1.165) is 6.07 Å². The molecule has 3 aromatic rings. The molecular formula is C22H20F2N2O4. The molecule has 30 heavy (non-hydrogen) atoms. The SMILES string of the molecule is COc1ccc(OC)c(CN(C(C)=O)c2ccc([18F])nc2Oc2ccc(F)cc2)c1. The number of carbonyl (C=O) groups excluding carboxylic acids is 1. The summed E-state index contributed by atoms with van der Waals surface area (Å²) in [5.74, 6) is -0.273. The smallest absolute Gasteiger partial charge is 0.246 e. The number of rotatable bonds is 7. The minimum Gasteiger partial charge on any atom is -0.497 e. The number of hydrogen-bond donors (Lipinski definition) is 0. The highest BCUT2D eigenvalue weighted by atomic mass is 19.1. The molecule has 0 aliphatic carbocycles. The molecule has 1 heterocycles. The summed E-state index contributed by atoms with van der Waals surface area (Å²) >= 11 is 0. The molecule has 2 aromatic carbocycles. The van der Waals surface area contributed by atoms with Gasteiger partial charge in [0.2, 0.25) is 17.7 Å². The number of ether oxygens (including phenoxy) is 3. The van der Waals surface area contributed by atoms with Gasteiger partial charge in [-0.25, -0.2) is 4.39 Å². The maximum Gasteiger partial charge on any atom is 0.246 e. The van der Waals surface area contributed by atoms with E-state index >= 15 is 0 Å². The fourth-order valence-electron chi connectivity index (χ4n) is 2.85. The van der Waals surface area contributed by atoms with Gasteiger partial charge in [-0.3, -0.25) is 4.79 Å². The number of benzene rings is 2. The Kier molecular flexibility index (Phi) is 6.46. The van der Waals surface area contributed by atoms with Crippen molar-refractivity contribution >= 4 is 11.6 Å². The Morgan fingerprint density at radius 1 is 0.967 bits per heavy atom. The molecule has 0 aliphatic heterocycles. The van der Waals surface area contributed by atoms with Gasteiger partial charge in [-0.1, -0.05) is 0 Å². The van der Waals surface area contributed by atoms with Gasteiger partial charge in [0.15, 0.2) is 0 Å². The lowest BCUT2D eigenvalue weighted by molar-refractivity contribution is -0.116. The molecule has 1 amide bonds. The molecule has 3 rings (SSSR count). The van der Waals surface area contributed by atoms with Gasteiger partial charge >= 0.3 is 0 Å². The Labute approximate surface area is 172 Å². The zero-order valence-corrected chi connectivity index (χ0v) is 16.7. The van der Waals surface area contributed by atoms with Crippen LogP contribution in [0.25, 0.3) is 0 Å². The van der Waals surface area contributed by atoms with Crippen LogP contribution in [-0.2, 0) is 11.3 Å². The van der Waals surface area contributed by atoms with Gasteiger partial charge in [-0.05, 0) is 54.6 Å². The number of methoxy groups -OCH3 is 2. The number of halogens is 2. The van der Waals surface area contributed by atoms with Crippen LogP contribution in [0.5, 0.6) is 23.1 Å². The van der Waals surface area contributed by atoms with E-state index < -0.39 is 11.8 Å². The summed E-state index contributed by atoms with van der Waals surface area (Å²) in [5, 5.41) is 0. The molecular weight excluding hydrogens is 393 g/mol. The molecule has 156 valence electrons. The van der Waals surface area contributed by atoms with E-state index in [2.05, 4.69) is 4.98 Å². The van der Waals surface area contributed by atoms with Gasteiger partial charge in [0.25, 0.3) is 0 Å². The number of hydrogen-bond acceptors (Lipinski definition) is 5. The molecule has 6 nitrogen and oxygen atoms in total. The minimum atomic E-state index is -0.779. The van der Waals surface area contributed by atoms with Crippen molar-refractivity contribution in [2.75, 3.05) is 19.1 Å². The highest BCUT2D eigenvalue weighted by Gasteiger charge is 2.21. The van der Waals surface area contributed by atoms with Crippen molar-refractivity contribution in [1.82, 2.24) is 4.98 Å². The van der Waals surface area contributed by atoms with Crippen LogP contribution < -0.4 is 19.1 Å².